The molecule has 0 saturated heterocycles. The van der Waals surface area contributed by atoms with Crippen molar-refractivity contribution in [1.82, 2.24) is 15.5 Å². The Morgan fingerprint density at radius 2 is 1.53 bits per heavy atom. The van der Waals surface area contributed by atoms with Crippen LogP contribution in [-0.4, -0.2) is 66.2 Å². The molecule has 1 unspecified atom stereocenters. The van der Waals surface area contributed by atoms with E-state index in [1.807, 2.05) is 48.5 Å². The van der Waals surface area contributed by atoms with Crippen LogP contribution in [0.1, 0.15) is 37.3 Å². The van der Waals surface area contributed by atoms with Crippen molar-refractivity contribution in [2.24, 2.45) is 0 Å². The average Bonchev–Trinajstić information content (AvgIpc) is 3.09. The number of fused-ring (bicyclic) bond motifs is 3. The Balaban J connectivity index is 1.65. The van der Waals surface area contributed by atoms with Crippen molar-refractivity contribution in [2.75, 3.05) is 20.2 Å². The molecule has 2 aromatic rings. The number of likely N-dealkylation sites (N-methyl/N-ethyl adjacent to an activating group) is 1. The molecule has 34 heavy (non-hydrogen) atoms. The van der Waals surface area contributed by atoms with Gasteiger partial charge in [0.25, 0.3) is 0 Å². The number of nitrogens with zero attached hydrogens (tertiary/aromatic N) is 1. The molecular weight excluding hydrogens is 438 g/mol. The van der Waals surface area contributed by atoms with E-state index < -0.39 is 30.4 Å². The number of rotatable bonds is 9. The SMILES string of the molecule is CC(C)NC(=O)CN(C)C(=O)C(CC(=O)O)NC(=O)OCC1c2ccccc2-c2ccccc21. The van der Waals surface area contributed by atoms with Crippen molar-refractivity contribution >= 4 is 23.9 Å². The summed E-state index contributed by atoms with van der Waals surface area (Å²) >= 11 is 0. The van der Waals surface area contributed by atoms with Crippen molar-refractivity contribution in [3.63, 3.8) is 0 Å². The molecule has 0 fully saturated rings. The summed E-state index contributed by atoms with van der Waals surface area (Å²) in [6, 6.07) is 14.3. The summed E-state index contributed by atoms with van der Waals surface area (Å²) < 4.78 is 5.42. The highest BCUT2D eigenvalue weighted by molar-refractivity contribution is 5.92. The fraction of sp³-hybridized carbons (Fsp3) is 0.360. The number of aliphatic carboxylic acids is 1. The van der Waals surface area contributed by atoms with E-state index >= 15 is 0 Å². The van der Waals surface area contributed by atoms with E-state index in [0.29, 0.717) is 0 Å². The van der Waals surface area contributed by atoms with Gasteiger partial charge < -0.3 is 25.4 Å². The van der Waals surface area contributed by atoms with Crippen LogP contribution in [0.5, 0.6) is 0 Å². The fourth-order valence-corrected chi connectivity index (χ4v) is 4.08. The first-order valence-corrected chi connectivity index (χ1v) is 11.0. The zero-order valence-electron chi connectivity index (χ0n) is 19.4. The number of amides is 3. The molecule has 2 aromatic carbocycles. The van der Waals surface area contributed by atoms with Crippen molar-refractivity contribution in [3.05, 3.63) is 59.7 Å². The van der Waals surface area contributed by atoms with E-state index in [2.05, 4.69) is 10.6 Å². The van der Waals surface area contributed by atoms with Gasteiger partial charge in [-0.1, -0.05) is 48.5 Å². The maximum Gasteiger partial charge on any atom is 0.407 e. The number of carboxylic acids is 1. The van der Waals surface area contributed by atoms with Gasteiger partial charge in [-0.3, -0.25) is 14.4 Å². The van der Waals surface area contributed by atoms with E-state index in [4.69, 9.17) is 4.74 Å². The van der Waals surface area contributed by atoms with Crippen LogP contribution in [0.25, 0.3) is 11.1 Å². The lowest BCUT2D eigenvalue weighted by molar-refractivity contribution is -0.142. The summed E-state index contributed by atoms with van der Waals surface area (Å²) in [5, 5.41) is 14.2. The Labute approximate surface area is 198 Å². The van der Waals surface area contributed by atoms with Gasteiger partial charge in [0.15, 0.2) is 0 Å². The quantitative estimate of drug-likeness (QED) is 0.520. The highest BCUT2D eigenvalue weighted by Gasteiger charge is 2.31. The normalized spacial score (nSPS) is 12.9. The molecule has 0 saturated carbocycles. The number of hydrogen-bond donors (Lipinski definition) is 3. The molecule has 9 nitrogen and oxygen atoms in total. The molecule has 0 bridgehead atoms. The van der Waals surface area contributed by atoms with E-state index in [1.54, 1.807) is 13.8 Å². The van der Waals surface area contributed by atoms with Gasteiger partial charge in [0, 0.05) is 19.0 Å². The van der Waals surface area contributed by atoms with Crippen molar-refractivity contribution < 1.29 is 29.0 Å². The van der Waals surface area contributed by atoms with E-state index in [0.717, 1.165) is 27.2 Å². The predicted octanol–water partition coefficient (Wildman–Crippen LogP) is 2.35. The highest BCUT2D eigenvalue weighted by Crippen LogP contribution is 2.44. The van der Waals surface area contributed by atoms with Gasteiger partial charge in [0.2, 0.25) is 11.8 Å². The Kier molecular flexibility index (Phi) is 7.88. The molecule has 1 aliphatic carbocycles. The first-order valence-electron chi connectivity index (χ1n) is 11.0. The second kappa shape index (κ2) is 10.8. The number of benzene rings is 2. The number of carboxylic acid groups (broad SMARTS) is 1. The van der Waals surface area contributed by atoms with Crippen LogP contribution in [0.2, 0.25) is 0 Å². The number of ether oxygens (including phenoxy) is 1. The van der Waals surface area contributed by atoms with Crippen LogP contribution in [0, 0.1) is 0 Å². The van der Waals surface area contributed by atoms with Crippen molar-refractivity contribution in [1.29, 1.82) is 0 Å². The largest absolute Gasteiger partial charge is 0.481 e. The number of alkyl carbamates (subject to hydrolysis) is 1. The lowest BCUT2D eigenvalue weighted by atomic mass is 9.98. The molecule has 3 amide bonds. The monoisotopic (exact) mass is 467 g/mol. The number of nitrogens with one attached hydrogen (secondary N) is 2. The molecule has 0 spiro atoms. The average molecular weight is 468 g/mol. The van der Waals surface area contributed by atoms with Crippen LogP contribution in [0.3, 0.4) is 0 Å². The Bertz CT molecular complexity index is 1040. The molecule has 3 N–H and O–H groups in total. The summed E-state index contributed by atoms with van der Waals surface area (Å²) in [5.41, 5.74) is 4.22. The van der Waals surface area contributed by atoms with Gasteiger partial charge >= 0.3 is 12.1 Å². The van der Waals surface area contributed by atoms with Gasteiger partial charge in [-0.25, -0.2) is 4.79 Å². The predicted molar refractivity (Wildman–Crippen MR) is 125 cm³/mol. The number of carbonyl (C=O) groups is 4. The molecule has 1 aliphatic rings. The van der Waals surface area contributed by atoms with Gasteiger partial charge in [0.05, 0.1) is 13.0 Å². The van der Waals surface area contributed by atoms with Gasteiger partial charge in [-0.05, 0) is 36.1 Å². The lowest BCUT2D eigenvalue weighted by Crippen LogP contribution is -2.51. The second-order valence-corrected chi connectivity index (χ2v) is 8.54. The molecule has 0 radical (unpaired) electrons. The molecule has 180 valence electrons. The summed E-state index contributed by atoms with van der Waals surface area (Å²) in [7, 11) is 1.37. The van der Waals surface area contributed by atoms with Crippen LogP contribution in [0.15, 0.2) is 48.5 Å². The standard InChI is InChI=1S/C25H29N3O6/c1-15(2)26-22(29)13-28(3)24(32)21(12-23(30)31)27-25(33)34-14-20-18-10-6-4-8-16(18)17-9-5-7-11-19(17)20/h4-11,15,20-21H,12-14H2,1-3H3,(H,26,29)(H,27,33)(H,30,31). The van der Waals surface area contributed by atoms with Crippen LogP contribution < -0.4 is 10.6 Å². The van der Waals surface area contributed by atoms with Gasteiger partial charge in [-0.15, -0.1) is 0 Å². The first-order chi connectivity index (χ1) is 16.2. The number of carbonyl (C=O) groups excluding carboxylic acids is 3. The first kappa shape index (κ1) is 24.8. The van der Waals surface area contributed by atoms with Crippen molar-refractivity contribution in [3.8, 4) is 11.1 Å². The Morgan fingerprint density at radius 1 is 0.971 bits per heavy atom. The maximum atomic E-state index is 12.7. The summed E-state index contributed by atoms with van der Waals surface area (Å²) in [4.78, 5) is 49.6. The van der Waals surface area contributed by atoms with Crippen LogP contribution in [0.4, 0.5) is 4.79 Å². The van der Waals surface area contributed by atoms with Crippen molar-refractivity contribution in [2.45, 2.75) is 38.3 Å². The van der Waals surface area contributed by atoms with E-state index in [1.165, 1.54) is 7.05 Å². The van der Waals surface area contributed by atoms with Crippen LogP contribution >= 0.6 is 0 Å². The van der Waals surface area contributed by atoms with Crippen LogP contribution in [-0.2, 0) is 19.1 Å². The molecule has 0 aromatic heterocycles. The summed E-state index contributed by atoms with van der Waals surface area (Å²) in [6.07, 6.45) is -1.54. The molecule has 9 heteroatoms. The minimum absolute atomic E-state index is 0.0282. The second-order valence-electron chi connectivity index (χ2n) is 8.54. The maximum absolute atomic E-state index is 12.7. The third-order valence-electron chi connectivity index (χ3n) is 5.52. The highest BCUT2D eigenvalue weighted by atomic mass is 16.5. The molecule has 0 aliphatic heterocycles. The molecule has 1 atom stereocenters. The topological polar surface area (TPSA) is 125 Å². The number of hydrogen-bond acceptors (Lipinski definition) is 5. The molecule has 0 heterocycles. The van der Waals surface area contributed by atoms with Gasteiger partial charge in [0.1, 0.15) is 12.6 Å². The Morgan fingerprint density at radius 3 is 2.06 bits per heavy atom. The minimum atomic E-state index is -1.37. The molecule has 3 rings (SSSR count). The summed E-state index contributed by atoms with van der Waals surface area (Å²) in [6.45, 7) is 3.33. The zero-order valence-corrected chi connectivity index (χ0v) is 19.4. The third kappa shape index (κ3) is 5.92. The Hall–Kier alpha value is -3.88. The smallest absolute Gasteiger partial charge is 0.407 e. The van der Waals surface area contributed by atoms with E-state index in [-0.39, 0.29) is 31.0 Å². The lowest BCUT2D eigenvalue weighted by Gasteiger charge is -2.24. The van der Waals surface area contributed by atoms with E-state index in [9.17, 15) is 24.3 Å². The molecular formula is C25H29N3O6. The fourth-order valence-electron chi connectivity index (χ4n) is 4.08. The third-order valence-corrected chi connectivity index (χ3v) is 5.52. The van der Waals surface area contributed by atoms with Gasteiger partial charge in [-0.2, -0.15) is 0 Å². The minimum Gasteiger partial charge on any atom is -0.481 e. The summed E-state index contributed by atoms with van der Waals surface area (Å²) in [5.74, 6) is -2.53. The zero-order chi connectivity index (χ0) is 24.8.